The van der Waals surface area contributed by atoms with Crippen LogP contribution in [-0.4, -0.2) is 11.9 Å². The van der Waals surface area contributed by atoms with Crippen LogP contribution in [0.5, 0.6) is 0 Å². The Balaban J connectivity index is 1.91. The van der Waals surface area contributed by atoms with Gasteiger partial charge in [-0.05, 0) is 35.0 Å². The number of nitrogens with zero attached hydrogens (tertiary/aromatic N) is 2. The second kappa shape index (κ2) is 5.68. The van der Waals surface area contributed by atoms with E-state index < -0.39 is 6.04 Å². The number of carbonyl (C=O) groups excluding carboxylic acids is 1. The zero-order valence-corrected chi connectivity index (χ0v) is 12.9. The van der Waals surface area contributed by atoms with E-state index in [9.17, 15) is 10.1 Å². The second-order valence-electron chi connectivity index (χ2n) is 5.69. The minimum Gasteiger partial charge on any atom is -0.288 e. The zero-order chi connectivity index (χ0) is 16.5. The summed E-state index contributed by atoms with van der Waals surface area (Å²) in [7, 11) is 0. The van der Waals surface area contributed by atoms with Gasteiger partial charge in [0.1, 0.15) is 6.04 Å². The highest BCUT2D eigenvalue weighted by atomic mass is 16.2. The molecular weight excluding hydrogens is 296 g/mol. The first-order valence-corrected chi connectivity index (χ1v) is 7.78. The highest BCUT2D eigenvalue weighted by molar-refractivity contribution is 6.11. The van der Waals surface area contributed by atoms with Crippen molar-refractivity contribution in [3.63, 3.8) is 0 Å². The average Bonchev–Trinajstić information content (AvgIpc) is 2.67. The fourth-order valence-electron chi connectivity index (χ4n) is 3.15. The third-order valence-electron chi connectivity index (χ3n) is 4.30. The molecule has 1 atom stereocenters. The quantitative estimate of drug-likeness (QED) is 0.668. The SMILES string of the molecule is N#C[C@H]1C=Cc2c(ccc3ccccc23)N1C(=O)c1ccccc1. The van der Waals surface area contributed by atoms with E-state index >= 15 is 0 Å². The summed E-state index contributed by atoms with van der Waals surface area (Å²) in [5, 5.41) is 11.7. The summed E-state index contributed by atoms with van der Waals surface area (Å²) in [5.74, 6) is -0.164. The molecule has 3 aromatic rings. The molecule has 0 N–H and O–H groups in total. The summed E-state index contributed by atoms with van der Waals surface area (Å²) < 4.78 is 0. The number of carbonyl (C=O) groups is 1. The monoisotopic (exact) mass is 310 g/mol. The molecular formula is C21H14N2O. The van der Waals surface area contributed by atoms with Gasteiger partial charge in [0.15, 0.2) is 0 Å². The molecule has 4 rings (SSSR count). The van der Waals surface area contributed by atoms with Gasteiger partial charge in [-0.15, -0.1) is 0 Å². The summed E-state index contributed by atoms with van der Waals surface area (Å²) >= 11 is 0. The Labute approximate surface area is 140 Å². The lowest BCUT2D eigenvalue weighted by Gasteiger charge is -2.31. The summed E-state index contributed by atoms with van der Waals surface area (Å²) in [6.45, 7) is 0. The van der Waals surface area contributed by atoms with Crippen LogP contribution in [0.25, 0.3) is 16.8 Å². The van der Waals surface area contributed by atoms with E-state index in [2.05, 4.69) is 6.07 Å². The molecule has 0 unspecified atom stereocenters. The number of hydrogen-bond donors (Lipinski definition) is 0. The fraction of sp³-hybridized carbons (Fsp3) is 0.0476. The Morgan fingerprint density at radius 2 is 1.71 bits per heavy atom. The molecule has 3 aromatic carbocycles. The van der Waals surface area contributed by atoms with Crippen molar-refractivity contribution >= 4 is 28.4 Å². The van der Waals surface area contributed by atoms with Gasteiger partial charge in [0, 0.05) is 11.1 Å². The van der Waals surface area contributed by atoms with Crippen LogP contribution >= 0.6 is 0 Å². The van der Waals surface area contributed by atoms with E-state index in [-0.39, 0.29) is 5.91 Å². The van der Waals surface area contributed by atoms with E-state index in [1.165, 1.54) is 0 Å². The summed E-state index contributed by atoms with van der Waals surface area (Å²) in [6.07, 6.45) is 3.73. The van der Waals surface area contributed by atoms with Crippen molar-refractivity contribution in [1.82, 2.24) is 0 Å². The first-order valence-electron chi connectivity index (χ1n) is 7.78. The first kappa shape index (κ1) is 14.2. The van der Waals surface area contributed by atoms with Crippen molar-refractivity contribution in [2.24, 2.45) is 0 Å². The Morgan fingerprint density at radius 1 is 0.958 bits per heavy atom. The van der Waals surface area contributed by atoms with Crippen LogP contribution in [-0.2, 0) is 0 Å². The Morgan fingerprint density at radius 3 is 2.50 bits per heavy atom. The third-order valence-corrected chi connectivity index (χ3v) is 4.30. The number of benzene rings is 3. The lowest BCUT2D eigenvalue weighted by molar-refractivity contribution is 0.0985. The Hall–Kier alpha value is -3.38. The molecule has 1 heterocycles. The number of amides is 1. The van der Waals surface area contributed by atoms with Gasteiger partial charge in [0.05, 0.1) is 11.8 Å². The molecule has 3 nitrogen and oxygen atoms in total. The van der Waals surface area contributed by atoms with E-state index in [1.54, 1.807) is 23.1 Å². The number of hydrogen-bond acceptors (Lipinski definition) is 2. The van der Waals surface area contributed by atoms with Gasteiger partial charge in [0.25, 0.3) is 5.91 Å². The van der Waals surface area contributed by atoms with Crippen LogP contribution in [0, 0.1) is 11.3 Å². The molecule has 1 aliphatic heterocycles. The third kappa shape index (κ3) is 2.17. The number of fused-ring (bicyclic) bond motifs is 3. The molecule has 0 spiro atoms. The van der Waals surface area contributed by atoms with E-state index in [4.69, 9.17) is 0 Å². The first-order chi connectivity index (χ1) is 11.8. The highest BCUT2D eigenvalue weighted by Crippen LogP contribution is 2.35. The van der Waals surface area contributed by atoms with Gasteiger partial charge in [-0.2, -0.15) is 5.26 Å². The van der Waals surface area contributed by atoms with Crippen molar-refractivity contribution in [3.05, 3.63) is 83.9 Å². The van der Waals surface area contributed by atoms with Crippen molar-refractivity contribution in [2.45, 2.75) is 6.04 Å². The Kier molecular flexibility index (Phi) is 3.36. The molecule has 1 amide bonds. The van der Waals surface area contributed by atoms with Crippen molar-refractivity contribution in [2.75, 3.05) is 4.90 Å². The minimum absolute atomic E-state index is 0.164. The number of rotatable bonds is 1. The van der Waals surface area contributed by atoms with Crippen LogP contribution < -0.4 is 4.90 Å². The standard InChI is InChI=1S/C21H14N2O/c22-14-17-11-12-19-18-9-5-4-6-15(18)10-13-20(19)23(17)21(24)16-7-2-1-3-8-16/h1-13,17H/t17-/m1/s1. The van der Waals surface area contributed by atoms with Crippen LogP contribution in [0.4, 0.5) is 5.69 Å². The Bertz CT molecular complexity index is 999. The van der Waals surface area contributed by atoms with E-state index in [1.807, 2.05) is 60.7 Å². The maximum atomic E-state index is 13.0. The maximum Gasteiger partial charge on any atom is 0.259 e. The van der Waals surface area contributed by atoms with Crippen LogP contribution in [0.1, 0.15) is 15.9 Å². The topological polar surface area (TPSA) is 44.1 Å². The van der Waals surface area contributed by atoms with Crippen LogP contribution in [0.2, 0.25) is 0 Å². The maximum absolute atomic E-state index is 13.0. The minimum atomic E-state index is -0.605. The smallest absolute Gasteiger partial charge is 0.259 e. The fourth-order valence-corrected chi connectivity index (χ4v) is 3.15. The van der Waals surface area contributed by atoms with Gasteiger partial charge in [-0.25, -0.2) is 0 Å². The highest BCUT2D eigenvalue weighted by Gasteiger charge is 2.29. The predicted octanol–water partition coefficient (Wildman–Crippen LogP) is 4.41. The predicted molar refractivity (Wildman–Crippen MR) is 95.6 cm³/mol. The van der Waals surface area contributed by atoms with Crippen molar-refractivity contribution in [3.8, 4) is 6.07 Å². The molecule has 114 valence electrons. The van der Waals surface area contributed by atoms with Gasteiger partial charge in [-0.1, -0.05) is 54.6 Å². The molecule has 0 saturated carbocycles. The summed E-state index contributed by atoms with van der Waals surface area (Å²) in [5.41, 5.74) is 2.33. The molecule has 1 aliphatic rings. The molecule has 0 aliphatic carbocycles. The second-order valence-corrected chi connectivity index (χ2v) is 5.69. The molecule has 0 saturated heterocycles. The van der Waals surface area contributed by atoms with Crippen LogP contribution in [0.15, 0.2) is 72.8 Å². The van der Waals surface area contributed by atoms with Crippen molar-refractivity contribution < 1.29 is 4.79 Å². The van der Waals surface area contributed by atoms with Gasteiger partial charge < -0.3 is 0 Å². The molecule has 0 fully saturated rings. The van der Waals surface area contributed by atoms with Gasteiger partial charge in [0.2, 0.25) is 0 Å². The van der Waals surface area contributed by atoms with E-state index in [0.29, 0.717) is 5.56 Å². The van der Waals surface area contributed by atoms with Crippen molar-refractivity contribution in [1.29, 1.82) is 5.26 Å². The zero-order valence-electron chi connectivity index (χ0n) is 12.9. The lowest BCUT2D eigenvalue weighted by atomic mass is 9.96. The van der Waals surface area contributed by atoms with E-state index in [0.717, 1.165) is 22.0 Å². The molecule has 0 aromatic heterocycles. The molecule has 0 radical (unpaired) electrons. The summed E-state index contributed by atoms with van der Waals surface area (Å²) in [6, 6.07) is 22.7. The van der Waals surface area contributed by atoms with Gasteiger partial charge in [-0.3, -0.25) is 9.69 Å². The number of nitriles is 1. The average molecular weight is 310 g/mol. The van der Waals surface area contributed by atoms with Gasteiger partial charge >= 0.3 is 0 Å². The number of anilines is 1. The van der Waals surface area contributed by atoms with Crippen LogP contribution in [0.3, 0.4) is 0 Å². The molecule has 24 heavy (non-hydrogen) atoms. The molecule has 3 heteroatoms. The lowest BCUT2D eigenvalue weighted by Crippen LogP contribution is -2.40. The molecule has 0 bridgehead atoms. The normalized spacial score (nSPS) is 15.8. The summed E-state index contributed by atoms with van der Waals surface area (Å²) in [4.78, 5) is 14.6. The largest absolute Gasteiger partial charge is 0.288 e.